The monoisotopic (exact) mass is 309 g/mol. The van der Waals surface area contributed by atoms with Crippen LogP contribution in [0.15, 0.2) is 0 Å². The van der Waals surface area contributed by atoms with E-state index in [1.807, 2.05) is 0 Å². The summed E-state index contributed by atoms with van der Waals surface area (Å²) in [7, 11) is 0. The van der Waals surface area contributed by atoms with Crippen LogP contribution in [-0.4, -0.2) is 41.6 Å². The summed E-state index contributed by atoms with van der Waals surface area (Å²) in [5, 5.41) is 0. The van der Waals surface area contributed by atoms with E-state index in [2.05, 4.69) is 0 Å². The summed E-state index contributed by atoms with van der Waals surface area (Å²) >= 11 is 0. The Bertz CT molecular complexity index is 388. The fourth-order valence-electron chi connectivity index (χ4n) is 2.20. The Hall–Kier alpha value is -1.27. The molecule has 0 bridgehead atoms. The SMILES string of the molecule is CC(C)(C)OC(=O)N1CCC(=O)C(CCCC(F)(F)F)C1. The molecule has 7 heteroatoms. The highest BCUT2D eigenvalue weighted by molar-refractivity contribution is 5.84. The zero-order chi connectivity index (χ0) is 16.3. The van der Waals surface area contributed by atoms with E-state index in [1.165, 1.54) is 4.90 Å². The van der Waals surface area contributed by atoms with E-state index in [-0.39, 0.29) is 38.1 Å². The van der Waals surface area contributed by atoms with Crippen LogP contribution >= 0.6 is 0 Å². The number of alkyl halides is 3. The molecule has 122 valence electrons. The average molecular weight is 309 g/mol. The number of hydrogen-bond donors (Lipinski definition) is 0. The largest absolute Gasteiger partial charge is 0.444 e. The summed E-state index contributed by atoms with van der Waals surface area (Å²) < 4.78 is 41.6. The fraction of sp³-hybridized carbons (Fsp3) is 0.857. The Morgan fingerprint density at radius 3 is 2.48 bits per heavy atom. The molecule has 1 unspecified atom stereocenters. The maximum absolute atomic E-state index is 12.1. The van der Waals surface area contributed by atoms with Gasteiger partial charge in [0.1, 0.15) is 11.4 Å². The van der Waals surface area contributed by atoms with Crippen LogP contribution in [0.3, 0.4) is 0 Å². The highest BCUT2D eigenvalue weighted by atomic mass is 19.4. The van der Waals surface area contributed by atoms with Gasteiger partial charge in [-0.15, -0.1) is 0 Å². The summed E-state index contributed by atoms with van der Waals surface area (Å²) in [5.74, 6) is -0.592. The van der Waals surface area contributed by atoms with E-state index < -0.39 is 30.2 Å². The van der Waals surface area contributed by atoms with Crippen LogP contribution in [0.25, 0.3) is 0 Å². The van der Waals surface area contributed by atoms with Crippen LogP contribution in [0, 0.1) is 5.92 Å². The molecule has 21 heavy (non-hydrogen) atoms. The number of ketones is 1. The predicted molar refractivity (Wildman–Crippen MR) is 70.8 cm³/mol. The summed E-state index contributed by atoms with van der Waals surface area (Å²) in [6, 6.07) is 0. The lowest BCUT2D eigenvalue weighted by Crippen LogP contribution is -2.46. The van der Waals surface area contributed by atoms with Crippen LogP contribution in [0.5, 0.6) is 0 Å². The molecule has 0 N–H and O–H groups in total. The number of ether oxygens (including phenoxy) is 1. The lowest BCUT2D eigenvalue weighted by atomic mass is 9.91. The minimum atomic E-state index is -4.21. The molecule has 1 rings (SSSR count). The number of rotatable bonds is 3. The number of Topliss-reactive ketones (excluding diaryl/α,β-unsaturated/α-hetero) is 1. The third-order valence-corrected chi connectivity index (χ3v) is 3.19. The molecule has 0 spiro atoms. The Balaban J connectivity index is 2.50. The molecule has 4 nitrogen and oxygen atoms in total. The number of likely N-dealkylation sites (tertiary alicyclic amines) is 1. The Labute approximate surface area is 122 Å². The molecular formula is C14H22F3NO3. The summed E-state index contributed by atoms with van der Waals surface area (Å²) in [5.41, 5.74) is -0.635. The van der Waals surface area contributed by atoms with Gasteiger partial charge in [0, 0.05) is 31.8 Å². The Morgan fingerprint density at radius 1 is 1.33 bits per heavy atom. The maximum Gasteiger partial charge on any atom is 0.410 e. The zero-order valence-corrected chi connectivity index (χ0v) is 12.6. The van der Waals surface area contributed by atoms with Gasteiger partial charge in [-0.1, -0.05) is 0 Å². The topological polar surface area (TPSA) is 46.6 Å². The van der Waals surface area contributed by atoms with Gasteiger partial charge in [0.2, 0.25) is 0 Å². The molecule has 1 aliphatic rings. The molecule has 0 aromatic carbocycles. The van der Waals surface area contributed by atoms with Crippen molar-refractivity contribution in [3.8, 4) is 0 Å². The number of carbonyl (C=O) groups is 2. The molecule has 1 amide bonds. The number of carbonyl (C=O) groups excluding carboxylic acids is 2. The van der Waals surface area contributed by atoms with Crippen molar-refractivity contribution in [1.29, 1.82) is 0 Å². The first-order chi connectivity index (χ1) is 9.48. The molecule has 1 fully saturated rings. The van der Waals surface area contributed by atoms with Crippen LogP contribution in [-0.2, 0) is 9.53 Å². The second-order valence-electron chi connectivity index (χ2n) is 6.35. The van der Waals surface area contributed by atoms with Gasteiger partial charge in [-0.3, -0.25) is 4.79 Å². The van der Waals surface area contributed by atoms with Gasteiger partial charge in [-0.25, -0.2) is 4.79 Å². The second kappa shape index (κ2) is 6.66. The number of nitrogens with zero attached hydrogens (tertiary/aromatic N) is 1. The van der Waals surface area contributed by atoms with Crippen molar-refractivity contribution in [2.75, 3.05) is 13.1 Å². The van der Waals surface area contributed by atoms with E-state index in [4.69, 9.17) is 4.74 Å². The second-order valence-corrected chi connectivity index (χ2v) is 6.35. The van der Waals surface area contributed by atoms with Crippen molar-refractivity contribution in [2.45, 2.75) is 58.2 Å². The third kappa shape index (κ3) is 6.82. The molecule has 1 heterocycles. The summed E-state index contributed by atoms with van der Waals surface area (Å²) in [4.78, 5) is 25.1. The van der Waals surface area contributed by atoms with E-state index in [0.717, 1.165) is 0 Å². The third-order valence-electron chi connectivity index (χ3n) is 3.19. The molecule has 1 saturated heterocycles. The number of halogens is 3. The highest BCUT2D eigenvalue weighted by Crippen LogP contribution is 2.26. The van der Waals surface area contributed by atoms with Gasteiger partial charge in [0.15, 0.2) is 0 Å². The predicted octanol–water partition coefficient (Wildman–Crippen LogP) is 3.55. The summed E-state index contributed by atoms with van der Waals surface area (Å²) in [6.07, 6.45) is -5.39. The van der Waals surface area contributed by atoms with Crippen molar-refractivity contribution < 1.29 is 27.5 Å². The number of amides is 1. The number of piperidine rings is 1. The van der Waals surface area contributed by atoms with Gasteiger partial charge in [-0.2, -0.15) is 13.2 Å². The van der Waals surface area contributed by atoms with Crippen molar-refractivity contribution in [3.05, 3.63) is 0 Å². The van der Waals surface area contributed by atoms with Crippen LogP contribution in [0.2, 0.25) is 0 Å². The van der Waals surface area contributed by atoms with Crippen molar-refractivity contribution in [1.82, 2.24) is 4.90 Å². The Kier molecular flexibility index (Phi) is 5.64. The Morgan fingerprint density at radius 2 is 1.95 bits per heavy atom. The average Bonchev–Trinajstić information content (AvgIpc) is 2.27. The molecular weight excluding hydrogens is 287 g/mol. The molecule has 1 aliphatic heterocycles. The zero-order valence-electron chi connectivity index (χ0n) is 12.6. The fourth-order valence-corrected chi connectivity index (χ4v) is 2.20. The van der Waals surface area contributed by atoms with Gasteiger partial charge in [0.05, 0.1) is 0 Å². The minimum absolute atomic E-state index is 0.0722. The molecule has 0 aromatic rings. The van der Waals surface area contributed by atoms with E-state index in [9.17, 15) is 22.8 Å². The van der Waals surface area contributed by atoms with Crippen molar-refractivity contribution in [3.63, 3.8) is 0 Å². The molecule has 0 aromatic heterocycles. The number of hydrogen-bond acceptors (Lipinski definition) is 3. The molecule has 0 saturated carbocycles. The van der Waals surface area contributed by atoms with Gasteiger partial charge < -0.3 is 9.64 Å². The first-order valence-electron chi connectivity index (χ1n) is 7.05. The highest BCUT2D eigenvalue weighted by Gasteiger charge is 2.33. The lowest BCUT2D eigenvalue weighted by Gasteiger charge is -2.33. The standard InChI is InChI=1S/C14H22F3NO3/c1-13(2,3)21-12(20)18-8-6-11(19)10(9-18)5-4-7-14(15,16)17/h10H,4-9H2,1-3H3. The van der Waals surface area contributed by atoms with E-state index >= 15 is 0 Å². The van der Waals surface area contributed by atoms with Gasteiger partial charge >= 0.3 is 12.3 Å². The minimum Gasteiger partial charge on any atom is -0.444 e. The van der Waals surface area contributed by atoms with E-state index in [0.29, 0.717) is 0 Å². The molecule has 0 radical (unpaired) electrons. The maximum atomic E-state index is 12.1. The first kappa shape index (κ1) is 17.8. The molecule has 0 aliphatic carbocycles. The van der Waals surface area contributed by atoms with Crippen molar-refractivity contribution >= 4 is 11.9 Å². The van der Waals surface area contributed by atoms with Crippen molar-refractivity contribution in [2.24, 2.45) is 5.92 Å². The first-order valence-corrected chi connectivity index (χ1v) is 7.05. The van der Waals surface area contributed by atoms with Gasteiger partial charge in [0.25, 0.3) is 0 Å². The normalized spacial score (nSPS) is 20.6. The lowest BCUT2D eigenvalue weighted by molar-refractivity contribution is -0.138. The molecule has 1 atom stereocenters. The quantitative estimate of drug-likeness (QED) is 0.801. The van der Waals surface area contributed by atoms with Crippen LogP contribution < -0.4 is 0 Å². The summed E-state index contributed by atoms with van der Waals surface area (Å²) in [6.45, 7) is 5.62. The smallest absolute Gasteiger partial charge is 0.410 e. The van der Waals surface area contributed by atoms with Gasteiger partial charge in [-0.05, 0) is 33.6 Å². The van der Waals surface area contributed by atoms with Crippen LogP contribution in [0.1, 0.15) is 46.5 Å². The van der Waals surface area contributed by atoms with Crippen LogP contribution in [0.4, 0.5) is 18.0 Å². The van der Waals surface area contributed by atoms with E-state index in [1.54, 1.807) is 20.8 Å².